The molecular weight excluding hydrogens is 277 g/mol. The zero-order chi connectivity index (χ0) is 12.3. The van der Waals surface area contributed by atoms with Gasteiger partial charge in [0.1, 0.15) is 11.6 Å². The van der Waals surface area contributed by atoms with Crippen LogP contribution in [0.2, 0.25) is 0 Å². The molecule has 1 aromatic rings. The molecular formula is C11H13BrFNO2. The first kappa shape index (κ1) is 13.1. The van der Waals surface area contributed by atoms with Crippen molar-refractivity contribution in [1.82, 2.24) is 5.32 Å². The molecule has 0 atom stereocenters. The first-order chi connectivity index (χ1) is 7.52. The van der Waals surface area contributed by atoms with Crippen molar-refractivity contribution in [2.45, 2.75) is 6.92 Å². The fraction of sp³-hybridized carbons (Fsp3) is 0.364. The molecule has 0 saturated carbocycles. The smallest absolute Gasteiger partial charge is 0.180 e. The Hall–Kier alpha value is -0.940. The van der Waals surface area contributed by atoms with Gasteiger partial charge in [-0.05, 0) is 36.0 Å². The average Bonchev–Trinajstić information content (AvgIpc) is 2.26. The van der Waals surface area contributed by atoms with Crippen molar-refractivity contribution in [2.75, 3.05) is 20.7 Å². The Morgan fingerprint density at radius 3 is 2.75 bits per heavy atom. The molecule has 0 spiro atoms. The number of nitrogens with one attached hydrogen (secondary N) is 1. The number of carbonyl (C=O) groups excluding carboxylic acids is 1. The number of hydrogen-bond donors (Lipinski definition) is 1. The number of halogens is 2. The van der Waals surface area contributed by atoms with Crippen molar-refractivity contribution in [1.29, 1.82) is 0 Å². The second-order valence-corrected chi connectivity index (χ2v) is 4.19. The standard InChI is InChI=1S/C11H13BrFNO2/c1-6-10(13)8(12)4-7(11(6)16-3)9(15)5-14-2/h4,14H,5H2,1-3H3. The zero-order valence-corrected chi connectivity index (χ0v) is 10.9. The Bertz CT molecular complexity index is 421. The van der Waals surface area contributed by atoms with E-state index in [0.717, 1.165) is 0 Å². The van der Waals surface area contributed by atoms with Crippen LogP contribution >= 0.6 is 15.9 Å². The number of likely N-dealkylation sites (N-methyl/N-ethyl adjacent to an activating group) is 1. The number of benzene rings is 1. The number of rotatable bonds is 4. The van der Waals surface area contributed by atoms with E-state index >= 15 is 0 Å². The van der Waals surface area contributed by atoms with Crippen LogP contribution in [0.15, 0.2) is 10.5 Å². The normalized spacial score (nSPS) is 10.3. The molecule has 0 aliphatic carbocycles. The average molecular weight is 290 g/mol. The minimum absolute atomic E-state index is 0.136. The lowest BCUT2D eigenvalue weighted by atomic mass is 10.1. The maximum Gasteiger partial charge on any atom is 0.180 e. The second kappa shape index (κ2) is 5.41. The van der Waals surface area contributed by atoms with Gasteiger partial charge < -0.3 is 10.1 Å². The van der Waals surface area contributed by atoms with E-state index in [4.69, 9.17) is 4.74 Å². The molecule has 0 fully saturated rings. The van der Waals surface area contributed by atoms with E-state index in [2.05, 4.69) is 21.2 Å². The van der Waals surface area contributed by atoms with E-state index in [1.54, 1.807) is 14.0 Å². The van der Waals surface area contributed by atoms with Gasteiger partial charge in [0.15, 0.2) is 5.78 Å². The summed E-state index contributed by atoms with van der Waals surface area (Å²) in [5, 5.41) is 2.76. The van der Waals surface area contributed by atoms with Crippen LogP contribution in [0.3, 0.4) is 0 Å². The first-order valence-electron chi connectivity index (χ1n) is 4.73. The molecule has 16 heavy (non-hydrogen) atoms. The molecule has 5 heteroatoms. The summed E-state index contributed by atoms with van der Waals surface area (Å²) >= 11 is 3.08. The predicted octanol–water partition coefficient (Wildman–Crippen LogP) is 2.31. The van der Waals surface area contributed by atoms with E-state index in [1.165, 1.54) is 13.2 Å². The highest BCUT2D eigenvalue weighted by Gasteiger charge is 2.18. The van der Waals surface area contributed by atoms with Gasteiger partial charge in [0.05, 0.1) is 23.7 Å². The Kier molecular flexibility index (Phi) is 4.44. The third kappa shape index (κ3) is 2.41. The van der Waals surface area contributed by atoms with Crippen molar-refractivity contribution in [3.8, 4) is 5.75 Å². The minimum atomic E-state index is -0.405. The second-order valence-electron chi connectivity index (χ2n) is 3.33. The summed E-state index contributed by atoms with van der Waals surface area (Å²) in [4.78, 5) is 11.8. The fourth-order valence-electron chi connectivity index (χ4n) is 1.46. The van der Waals surface area contributed by atoms with Gasteiger partial charge in [0, 0.05) is 5.56 Å². The molecule has 3 nitrogen and oxygen atoms in total. The summed E-state index contributed by atoms with van der Waals surface area (Å²) in [7, 11) is 3.10. The Morgan fingerprint density at radius 1 is 1.62 bits per heavy atom. The Balaban J connectivity index is 3.33. The molecule has 1 rings (SSSR count). The third-order valence-corrected chi connectivity index (χ3v) is 2.81. The summed E-state index contributed by atoms with van der Waals surface area (Å²) in [6, 6.07) is 1.45. The number of carbonyl (C=O) groups is 1. The quantitative estimate of drug-likeness (QED) is 0.865. The minimum Gasteiger partial charge on any atom is -0.496 e. The monoisotopic (exact) mass is 289 g/mol. The van der Waals surface area contributed by atoms with Gasteiger partial charge in [0.2, 0.25) is 0 Å². The largest absolute Gasteiger partial charge is 0.496 e. The van der Waals surface area contributed by atoms with E-state index in [-0.39, 0.29) is 16.8 Å². The van der Waals surface area contributed by atoms with Gasteiger partial charge in [-0.15, -0.1) is 0 Å². The van der Waals surface area contributed by atoms with E-state index < -0.39 is 5.82 Å². The number of methoxy groups -OCH3 is 1. The van der Waals surface area contributed by atoms with Crippen LogP contribution in [-0.2, 0) is 0 Å². The predicted molar refractivity (Wildman–Crippen MR) is 63.6 cm³/mol. The maximum atomic E-state index is 13.6. The molecule has 88 valence electrons. The van der Waals surface area contributed by atoms with Crippen LogP contribution in [-0.4, -0.2) is 26.5 Å². The molecule has 0 bridgehead atoms. The van der Waals surface area contributed by atoms with Crippen molar-refractivity contribution in [3.63, 3.8) is 0 Å². The molecule has 0 aromatic heterocycles. The highest BCUT2D eigenvalue weighted by molar-refractivity contribution is 9.10. The van der Waals surface area contributed by atoms with Gasteiger partial charge in [-0.3, -0.25) is 4.79 Å². The summed E-state index contributed by atoms with van der Waals surface area (Å²) in [5.41, 5.74) is 0.707. The van der Waals surface area contributed by atoms with Crippen molar-refractivity contribution in [3.05, 3.63) is 27.5 Å². The first-order valence-corrected chi connectivity index (χ1v) is 5.52. The highest BCUT2D eigenvalue weighted by Crippen LogP contribution is 2.31. The summed E-state index contributed by atoms with van der Waals surface area (Å²) in [5.74, 6) is -0.248. The van der Waals surface area contributed by atoms with Crippen LogP contribution in [0.5, 0.6) is 5.75 Å². The lowest BCUT2D eigenvalue weighted by Gasteiger charge is -2.12. The summed E-state index contributed by atoms with van der Waals surface area (Å²) in [6.07, 6.45) is 0. The molecule has 1 N–H and O–H groups in total. The van der Waals surface area contributed by atoms with Gasteiger partial charge in [-0.1, -0.05) is 0 Å². The molecule has 0 amide bonds. The Labute approximate surface area is 102 Å². The Morgan fingerprint density at radius 2 is 2.25 bits per heavy atom. The topological polar surface area (TPSA) is 38.3 Å². The molecule has 0 radical (unpaired) electrons. The van der Waals surface area contributed by atoms with E-state index in [9.17, 15) is 9.18 Å². The van der Waals surface area contributed by atoms with Crippen LogP contribution in [0.25, 0.3) is 0 Å². The van der Waals surface area contributed by atoms with Gasteiger partial charge in [-0.2, -0.15) is 0 Å². The van der Waals surface area contributed by atoms with Gasteiger partial charge in [-0.25, -0.2) is 4.39 Å². The molecule has 0 unspecified atom stereocenters. The van der Waals surface area contributed by atoms with Crippen molar-refractivity contribution in [2.24, 2.45) is 0 Å². The lowest BCUT2D eigenvalue weighted by molar-refractivity contribution is 0.0990. The van der Waals surface area contributed by atoms with Crippen LogP contribution in [0, 0.1) is 12.7 Å². The molecule has 0 aliphatic heterocycles. The molecule has 0 saturated heterocycles. The van der Waals surface area contributed by atoms with Gasteiger partial charge >= 0.3 is 0 Å². The van der Waals surface area contributed by atoms with Crippen molar-refractivity contribution >= 4 is 21.7 Å². The number of ketones is 1. The lowest BCUT2D eigenvalue weighted by Crippen LogP contribution is -2.19. The van der Waals surface area contributed by atoms with Crippen LogP contribution in [0.4, 0.5) is 4.39 Å². The third-order valence-electron chi connectivity index (χ3n) is 2.24. The highest BCUT2D eigenvalue weighted by atomic mass is 79.9. The van der Waals surface area contributed by atoms with E-state index in [0.29, 0.717) is 16.9 Å². The number of hydrogen-bond acceptors (Lipinski definition) is 3. The summed E-state index contributed by atoms with van der Waals surface area (Å²) < 4.78 is 18.9. The molecule has 0 aliphatic rings. The summed E-state index contributed by atoms with van der Waals surface area (Å²) in [6.45, 7) is 1.77. The van der Waals surface area contributed by atoms with Crippen LogP contribution in [0.1, 0.15) is 15.9 Å². The number of Topliss-reactive ketones (excluding diaryl/α,β-unsaturated/α-hetero) is 1. The number of ether oxygens (including phenoxy) is 1. The van der Waals surface area contributed by atoms with Crippen LogP contribution < -0.4 is 10.1 Å². The van der Waals surface area contributed by atoms with Crippen molar-refractivity contribution < 1.29 is 13.9 Å². The molecule has 1 aromatic carbocycles. The SMILES string of the molecule is CNCC(=O)c1cc(Br)c(F)c(C)c1OC. The zero-order valence-electron chi connectivity index (χ0n) is 9.36. The van der Waals surface area contributed by atoms with E-state index in [1.807, 2.05) is 0 Å². The maximum absolute atomic E-state index is 13.6. The fourth-order valence-corrected chi connectivity index (χ4v) is 1.99. The van der Waals surface area contributed by atoms with Gasteiger partial charge in [0.25, 0.3) is 0 Å². The molecule has 0 heterocycles.